The van der Waals surface area contributed by atoms with Gasteiger partial charge < -0.3 is 4.74 Å². The molecule has 3 aromatic rings. The van der Waals surface area contributed by atoms with E-state index in [1.54, 1.807) is 4.68 Å². The van der Waals surface area contributed by atoms with Gasteiger partial charge in [0.1, 0.15) is 24.1 Å². The third-order valence-corrected chi connectivity index (χ3v) is 3.83. The zero-order chi connectivity index (χ0) is 16.9. The van der Waals surface area contributed by atoms with E-state index in [0.29, 0.717) is 17.9 Å². The average Bonchev–Trinajstić information content (AvgIpc) is 2.98. The van der Waals surface area contributed by atoms with Crippen LogP contribution in [0.5, 0.6) is 5.75 Å². The van der Waals surface area contributed by atoms with E-state index in [9.17, 15) is 5.26 Å². The molecule has 0 unspecified atom stereocenters. The molecule has 0 bridgehead atoms. The van der Waals surface area contributed by atoms with Crippen LogP contribution in [-0.4, -0.2) is 15.0 Å². The van der Waals surface area contributed by atoms with Gasteiger partial charge in [0.25, 0.3) is 0 Å². The lowest BCUT2D eigenvalue weighted by atomic mass is 10.1. The zero-order valence-electron chi connectivity index (χ0n) is 13.7. The van der Waals surface area contributed by atoms with Crippen LogP contribution in [0.3, 0.4) is 0 Å². The number of nitriles is 1. The Labute approximate surface area is 141 Å². The molecule has 120 valence electrons. The Hall–Kier alpha value is -3.13. The third-order valence-electron chi connectivity index (χ3n) is 3.83. The molecule has 0 aliphatic rings. The molecule has 1 heterocycles. The number of hydrogen-bond donors (Lipinski definition) is 0. The number of hydrogen-bond acceptors (Lipinski definition) is 4. The Morgan fingerprint density at radius 2 is 1.92 bits per heavy atom. The van der Waals surface area contributed by atoms with E-state index in [1.807, 2.05) is 62.4 Å². The predicted molar refractivity (Wildman–Crippen MR) is 90.5 cm³/mol. The van der Waals surface area contributed by atoms with Gasteiger partial charge in [0.2, 0.25) is 0 Å². The summed E-state index contributed by atoms with van der Waals surface area (Å²) in [6.45, 7) is 4.84. The Balaban J connectivity index is 1.83. The van der Waals surface area contributed by atoms with Crippen LogP contribution in [-0.2, 0) is 13.2 Å². The highest BCUT2D eigenvalue weighted by molar-refractivity contribution is 5.36. The molecule has 5 heteroatoms. The fourth-order valence-electron chi connectivity index (χ4n) is 2.45. The summed E-state index contributed by atoms with van der Waals surface area (Å²) in [4.78, 5) is 0. The quantitative estimate of drug-likeness (QED) is 0.723. The molecule has 24 heavy (non-hydrogen) atoms. The van der Waals surface area contributed by atoms with E-state index in [-0.39, 0.29) is 6.61 Å². The summed E-state index contributed by atoms with van der Waals surface area (Å²) in [5.74, 6) is 0.811. The lowest BCUT2D eigenvalue weighted by molar-refractivity contribution is 0.290. The summed E-state index contributed by atoms with van der Waals surface area (Å²) >= 11 is 0. The predicted octanol–water partition coefficient (Wildman–Crippen LogP) is 3.39. The van der Waals surface area contributed by atoms with Crippen molar-refractivity contribution in [2.75, 3.05) is 0 Å². The Morgan fingerprint density at radius 1 is 1.12 bits per heavy atom. The van der Waals surface area contributed by atoms with Crippen LogP contribution in [0, 0.1) is 25.2 Å². The fourth-order valence-corrected chi connectivity index (χ4v) is 2.45. The van der Waals surface area contributed by atoms with E-state index in [0.717, 1.165) is 22.4 Å². The lowest BCUT2D eigenvalue weighted by Gasteiger charge is -2.11. The number of nitrogens with zero attached hydrogens (tertiary/aromatic N) is 4. The monoisotopic (exact) mass is 318 g/mol. The number of benzene rings is 2. The number of rotatable bonds is 5. The van der Waals surface area contributed by atoms with Crippen LogP contribution >= 0.6 is 0 Å². The molecule has 0 aliphatic carbocycles. The van der Waals surface area contributed by atoms with Gasteiger partial charge in [-0.1, -0.05) is 47.7 Å². The molecule has 2 aromatic carbocycles. The maximum Gasteiger partial charge on any atom is 0.189 e. The Morgan fingerprint density at radius 3 is 2.67 bits per heavy atom. The van der Waals surface area contributed by atoms with Crippen LogP contribution < -0.4 is 4.74 Å². The van der Waals surface area contributed by atoms with Gasteiger partial charge in [-0.3, -0.25) is 0 Å². The smallest absolute Gasteiger partial charge is 0.189 e. The first-order chi connectivity index (χ1) is 11.7. The van der Waals surface area contributed by atoms with Crippen molar-refractivity contribution in [2.24, 2.45) is 0 Å². The molecule has 0 saturated heterocycles. The van der Waals surface area contributed by atoms with Crippen molar-refractivity contribution < 1.29 is 4.74 Å². The largest absolute Gasteiger partial charge is 0.487 e. The SMILES string of the molecule is Cc1ccc(C)c(OCc2c(C#N)nnn2Cc2ccccc2)c1. The number of ether oxygens (including phenoxy) is 1. The maximum atomic E-state index is 9.27. The topological polar surface area (TPSA) is 63.7 Å². The normalized spacial score (nSPS) is 10.4. The molecule has 0 N–H and O–H groups in total. The average molecular weight is 318 g/mol. The van der Waals surface area contributed by atoms with Crippen molar-refractivity contribution >= 4 is 0 Å². The van der Waals surface area contributed by atoms with Gasteiger partial charge in [0, 0.05) is 0 Å². The highest BCUT2D eigenvalue weighted by Crippen LogP contribution is 2.21. The van der Waals surface area contributed by atoms with E-state index in [4.69, 9.17) is 4.74 Å². The first-order valence-corrected chi connectivity index (χ1v) is 7.74. The van der Waals surface area contributed by atoms with Crippen LogP contribution in [0.4, 0.5) is 0 Å². The van der Waals surface area contributed by atoms with Gasteiger partial charge in [0.05, 0.1) is 6.54 Å². The standard InChI is InChI=1S/C19H18N4O/c1-14-8-9-15(2)19(10-14)24-13-18-17(11-20)21-22-23(18)12-16-6-4-3-5-7-16/h3-10H,12-13H2,1-2H3. The molecular weight excluding hydrogens is 300 g/mol. The highest BCUT2D eigenvalue weighted by Gasteiger charge is 2.14. The van der Waals surface area contributed by atoms with Gasteiger partial charge in [-0.25, -0.2) is 4.68 Å². The Bertz CT molecular complexity index is 878. The molecule has 5 nitrogen and oxygen atoms in total. The summed E-state index contributed by atoms with van der Waals surface area (Å²) in [5, 5.41) is 17.3. The summed E-state index contributed by atoms with van der Waals surface area (Å²) in [5.41, 5.74) is 4.27. The molecule has 0 aliphatic heterocycles. The van der Waals surface area contributed by atoms with E-state index in [2.05, 4.69) is 16.4 Å². The fraction of sp³-hybridized carbons (Fsp3) is 0.211. The minimum Gasteiger partial charge on any atom is -0.487 e. The summed E-state index contributed by atoms with van der Waals surface area (Å²) < 4.78 is 7.65. The van der Waals surface area contributed by atoms with Crippen molar-refractivity contribution in [3.8, 4) is 11.8 Å². The van der Waals surface area contributed by atoms with Crippen molar-refractivity contribution in [3.05, 3.63) is 76.6 Å². The minimum absolute atomic E-state index is 0.257. The molecule has 3 rings (SSSR count). The molecular formula is C19H18N4O. The summed E-state index contributed by atoms with van der Waals surface area (Å²) in [6, 6.07) is 18.1. The van der Waals surface area contributed by atoms with Gasteiger partial charge >= 0.3 is 0 Å². The molecule has 0 fully saturated rings. The van der Waals surface area contributed by atoms with Crippen molar-refractivity contribution in [3.63, 3.8) is 0 Å². The first-order valence-electron chi connectivity index (χ1n) is 7.74. The molecule has 0 saturated carbocycles. The zero-order valence-corrected chi connectivity index (χ0v) is 13.7. The second kappa shape index (κ2) is 6.97. The number of aryl methyl sites for hydroxylation is 2. The molecule has 0 radical (unpaired) electrons. The van der Waals surface area contributed by atoms with Gasteiger partial charge in [-0.15, -0.1) is 5.10 Å². The van der Waals surface area contributed by atoms with Crippen molar-refractivity contribution in [2.45, 2.75) is 27.0 Å². The van der Waals surface area contributed by atoms with Crippen LogP contribution in [0.25, 0.3) is 0 Å². The second-order valence-corrected chi connectivity index (χ2v) is 5.70. The van der Waals surface area contributed by atoms with Crippen molar-refractivity contribution in [1.82, 2.24) is 15.0 Å². The molecule has 0 atom stereocenters. The van der Waals surface area contributed by atoms with Crippen LogP contribution in [0.1, 0.15) is 28.1 Å². The summed E-state index contributed by atoms with van der Waals surface area (Å²) in [7, 11) is 0. The van der Waals surface area contributed by atoms with E-state index in [1.165, 1.54) is 0 Å². The van der Waals surface area contributed by atoms with Gasteiger partial charge in [0.15, 0.2) is 5.69 Å². The third kappa shape index (κ3) is 3.44. The van der Waals surface area contributed by atoms with Gasteiger partial charge in [-0.2, -0.15) is 5.26 Å². The van der Waals surface area contributed by atoms with Crippen LogP contribution in [0.15, 0.2) is 48.5 Å². The Kier molecular flexibility index (Phi) is 4.57. The van der Waals surface area contributed by atoms with E-state index >= 15 is 0 Å². The summed E-state index contributed by atoms with van der Waals surface area (Å²) in [6.07, 6.45) is 0. The molecule has 0 amide bonds. The van der Waals surface area contributed by atoms with Crippen molar-refractivity contribution in [1.29, 1.82) is 5.26 Å². The van der Waals surface area contributed by atoms with E-state index < -0.39 is 0 Å². The maximum absolute atomic E-state index is 9.27. The van der Waals surface area contributed by atoms with Gasteiger partial charge in [-0.05, 0) is 36.6 Å². The molecule has 1 aromatic heterocycles. The lowest BCUT2D eigenvalue weighted by Crippen LogP contribution is -2.10. The second-order valence-electron chi connectivity index (χ2n) is 5.70. The molecule has 0 spiro atoms. The number of aromatic nitrogens is 3. The van der Waals surface area contributed by atoms with Crippen LogP contribution in [0.2, 0.25) is 0 Å². The minimum atomic E-state index is 0.257. The first kappa shape index (κ1) is 15.8. The highest BCUT2D eigenvalue weighted by atomic mass is 16.5.